The van der Waals surface area contributed by atoms with Gasteiger partial charge in [-0.1, -0.05) is 72.3 Å². The van der Waals surface area contributed by atoms with Crippen LogP contribution in [0.3, 0.4) is 0 Å². The molecule has 0 radical (unpaired) electrons. The molecular formula is C41H35S4+. The lowest BCUT2D eigenvalue weighted by Crippen LogP contribution is -2.28. The molecule has 1 atom stereocenters. The fraction of sp³-hybridized carbons (Fsp3) is 0.122. The third kappa shape index (κ3) is 5.36. The molecule has 1 aliphatic carbocycles. The summed E-state index contributed by atoms with van der Waals surface area (Å²) in [5.74, 6) is 0. The summed E-state index contributed by atoms with van der Waals surface area (Å²) in [5, 5.41) is 0. The first-order valence-electron chi connectivity index (χ1n) is 15.1. The Morgan fingerprint density at radius 2 is 0.889 bits per heavy atom. The first kappa shape index (κ1) is 30.4. The van der Waals surface area contributed by atoms with Crippen molar-refractivity contribution >= 4 is 46.2 Å². The van der Waals surface area contributed by atoms with Gasteiger partial charge in [-0.2, -0.15) is 0 Å². The normalized spacial score (nSPS) is 15.2. The predicted octanol–water partition coefficient (Wildman–Crippen LogP) is 11.6. The second-order valence-electron chi connectivity index (χ2n) is 11.3. The Hall–Kier alpha value is -3.28. The molecule has 0 fully saturated rings. The number of hydrogen-bond acceptors (Lipinski definition) is 3. The molecule has 6 aromatic carbocycles. The Labute approximate surface area is 283 Å². The van der Waals surface area contributed by atoms with Crippen molar-refractivity contribution in [1.82, 2.24) is 0 Å². The van der Waals surface area contributed by atoms with Crippen LogP contribution in [0.1, 0.15) is 27.8 Å². The molecule has 0 nitrogen and oxygen atoms in total. The van der Waals surface area contributed by atoms with Gasteiger partial charge in [-0.3, -0.25) is 0 Å². The number of hydrogen-bond donors (Lipinski definition) is 0. The van der Waals surface area contributed by atoms with Crippen LogP contribution in [0.2, 0.25) is 0 Å². The summed E-state index contributed by atoms with van der Waals surface area (Å²) >= 11 is 5.38. The van der Waals surface area contributed by atoms with Gasteiger partial charge in [-0.15, -0.1) is 35.3 Å². The fourth-order valence-corrected chi connectivity index (χ4v) is 9.95. The Bertz CT molecular complexity index is 1900. The first-order chi connectivity index (χ1) is 22.1. The molecule has 6 aromatic rings. The third-order valence-electron chi connectivity index (χ3n) is 8.85. The van der Waals surface area contributed by atoms with E-state index in [1.54, 1.807) is 35.3 Å². The molecule has 45 heavy (non-hydrogen) atoms. The zero-order valence-corrected chi connectivity index (χ0v) is 29.2. The van der Waals surface area contributed by atoms with E-state index in [0.717, 1.165) is 0 Å². The summed E-state index contributed by atoms with van der Waals surface area (Å²) in [6, 6.07) is 53.2. The molecule has 0 saturated heterocycles. The highest BCUT2D eigenvalue weighted by Crippen LogP contribution is 2.57. The van der Waals surface area contributed by atoms with Crippen LogP contribution in [-0.4, -0.2) is 18.8 Å². The van der Waals surface area contributed by atoms with Crippen LogP contribution in [0, 0.1) is 6.92 Å². The van der Waals surface area contributed by atoms with Gasteiger partial charge in [0.2, 0.25) is 0 Å². The van der Waals surface area contributed by atoms with Crippen molar-refractivity contribution in [2.75, 3.05) is 18.8 Å². The van der Waals surface area contributed by atoms with Crippen molar-refractivity contribution in [3.8, 4) is 11.1 Å². The van der Waals surface area contributed by atoms with Crippen molar-refractivity contribution < 1.29 is 0 Å². The van der Waals surface area contributed by atoms with Crippen LogP contribution in [0.5, 0.6) is 0 Å². The molecule has 222 valence electrons. The molecular weight excluding hydrogens is 621 g/mol. The maximum atomic E-state index is 2.49. The van der Waals surface area contributed by atoms with Crippen LogP contribution in [0.15, 0.2) is 169 Å². The number of fused-ring (bicyclic) bond motifs is 3. The second-order valence-corrected chi connectivity index (χ2v) is 15.9. The molecule has 0 spiro atoms. The van der Waals surface area contributed by atoms with Crippen LogP contribution in [0.4, 0.5) is 0 Å². The molecule has 4 heteroatoms. The smallest absolute Gasteiger partial charge is 0.130 e. The molecule has 1 unspecified atom stereocenters. The quantitative estimate of drug-likeness (QED) is 0.118. The zero-order valence-electron chi connectivity index (χ0n) is 25.9. The van der Waals surface area contributed by atoms with E-state index in [-0.39, 0.29) is 10.9 Å². The van der Waals surface area contributed by atoms with Crippen LogP contribution in [-0.2, 0) is 16.3 Å². The molecule has 1 aliphatic rings. The van der Waals surface area contributed by atoms with Gasteiger partial charge >= 0.3 is 0 Å². The summed E-state index contributed by atoms with van der Waals surface area (Å²) in [6.07, 6.45) is 6.43. The van der Waals surface area contributed by atoms with E-state index in [0.29, 0.717) is 0 Å². The van der Waals surface area contributed by atoms with Gasteiger partial charge in [-0.05, 0) is 126 Å². The Morgan fingerprint density at radius 3 is 1.42 bits per heavy atom. The minimum absolute atomic E-state index is 0.247. The van der Waals surface area contributed by atoms with Crippen LogP contribution >= 0.6 is 35.3 Å². The molecule has 0 aliphatic heterocycles. The number of thioether (sulfide) groups is 3. The minimum Gasteiger partial charge on any atom is -0.130 e. The maximum Gasteiger partial charge on any atom is 0.167 e. The zero-order chi connectivity index (χ0) is 31.0. The summed E-state index contributed by atoms with van der Waals surface area (Å²) in [5.41, 5.74) is 8.86. The summed E-state index contributed by atoms with van der Waals surface area (Å²) in [6.45, 7) is 2.17. The van der Waals surface area contributed by atoms with Crippen molar-refractivity contribution in [3.63, 3.8) is 0 Å². The fourth-order valence-electron chi connectivity index (χ4n) is 6.66. The lowest BCUT2D eigenvalue weighted by molar-refractivity contribution is 0.766. The van der Waals surface area contributed by atoms with Gasteiger partial charge in [0, 0.05) is 20.8 Å². The molecule has 0 aromatic heterocycles. The van der Waals surface area contributed by atoms with E-state index in [9.17, 15) is 0 Å². The van der Waals surface area contributed by atoms with E-state index in [4.69, 9.17) is 0 Å². The predicted molar refractivity (Wildman–Crippen MR) is 199 cm³/mol. The van der Waals surface area contributed by atoms with E-state index in [2.05, 4.69) is 165 Å². The van der Waals surface area contributed by atoms with Crippen molar-refractivity contribution in [1.29, 1.82) is 0 Å². The van der Waals surface area contributed by atoms with Gasteiger partial charge < -0.3 is 0 Å². The summed E-state index contributed by atoms with van der Waals surface area (Å²) in [7, 11) is -0.247. The van der Waals surface area contributed by atoms with Crippen molar-refractivity contribution in [3.05, 3.63) is 167 Å². The monoisotopic (exact) mass is 655 g/mol. The summed E-state index contributed by atoms with van der Waals surface area (Å²) < 4.78 is 0. The van der Waals surface area contributed by atoms with Crippen molar-refractivity contribution in [2.24, 2.45) is 0 Å². The lowest BCUT2D eigenvalue weighted by Gasteiger charge is -2.34. The summed E-state index contributed by atoms with van der Waals surface area (Å²) in [4.78, 5) is 7.89. The third-order valence-corrected chi connectivity index (χ3v) is 13.3. The Morgan fingerprint density at radius 1 is 0.444 bits per heavy atom. The highest BCUT2D eigenvalue weighted by Gasteiger charge is 2.47. The van der Waals surface area contributed by atoms with Gasteiger partial charge in [0.1, 0.15) is 0 Å². The topological polar surface area (TPSA) is 0 Å². The van der Waals surface area contributed by atoms with Crippen molar-refractivity contribution in [2.45, 2.75) is 41.7 Å². The Kier molecular flexibility index (Phi) is 8.67. The SMILES string of the molecule is CSc1ccc([S+](c2ccc(SC)cc2)c2ccc3c(c2)-c2ccccc2C3(c2ccc(C)cc2)c2ccc(SC)cc2)cc1. The van der Waals surface area contributed by atoms with E-state index in [1.165, 1.54) is 68.3 Å². The lowest BCUT2D eigenvalue weighted by atomic mass is 9.67. The molecule has 0 N–H and O–H groups in total. The molecule has 0 saturated carbocycles. The van der Waals surface area contributed by atoms with E-state index >= 15 is 0 Å². The van der Waals surface area contributed by atoms with Crippen LogP contribution < -0.4 is 0 Å². The van der Waals surface area contributed by atoms with Gasteiger partial charge in [0.05, 0.1) is 16.3 Å². The molecule has 0 amide bonds. The highest BCUT2D eigenvalue weighted by molar-refractivity contribution is 7.99. The van der Waals surface area contributed by atoms with Gasteiger partial charge in [-0.25, -0.2) is 0 Å². The Balaban J connectivity index is 1.48. The molecule has 0 bridgehead atoms. The average Bonchev–Trinajstić information content (AvgIpc) is 3.40. The largest absolute Gasteiger partial charge is 0.167 e. The second kappa shape index (κ2) is 12.8. The van der Waals surface area contributed by atoms with Gasteiger partial charge in [0.15, 0.2) is 14.7 Å². The van der Waals surface area contributed by atoms with E-state index < -0.39 is 5.41 Å². The molecule has 0 heterocycles. The van der Waals surface area contributed by atoms with Gasteiger partial charge in [0.25, 0.3) is 0 Å². The van der Waals surface area contributed by atoms with Crippen LogP contribution in [0.25, 0.3) is 11.1 Å². The first-order valence-corrected chi connectivity index (χ1v) is 19.9. The number of rotatable bonds is 8. The highest BCUT2D eigenvalue weighted by atomic mass is 32.2. The standard InChI is InChI=1S/C41H35S4/c1-28-9-11-29(12-10-28)41(30-13-15-31(42-2)16-14-30)39-8-6-5-7-37(39)38-27-36(25-26-40(38)41)45(34-21-17-32(43-3)18-22-34)35-23-19-33(44-4)20-24-35/h5-27H,1-4H3/q+1. The number of aryl methyl sites for hydroxylation is 1. The van der Waals surface area contributed by atoms with E-state index in [1.807, 2.05) is 0 Å². The maximum absolute atomic E-state index is 2.49. The minimum atomic E-state index is -0.395. The average molecular weight is 656 g/mol. The molecule has 7 rings (SSSR count). The number of benzene rings is 6.